The normalized spacial score (nSPS) is 21.6. The summed E-state index contributed by atoms with van der Waals surface area (Å²) in [5.74, 6) is 0. The van der Waals surface area contributed by atoms with E-state index in [0.717, 1.165) is 19.4 Å². The minimum Gasteiger partial charge on any atom is -0.371 e. The monoisotopic (exact) mass is 239 g/mol. The molecule has 0 N–H and O–H groups in total. The van der Waals surface area contributed by atoms with Crippen LogP contribution < -0.4 is 4.90 Å². The second kappa shape index (κ2) is 5.72. The highest BCUT2D eigenvalue weighted by molar-refractivity contribution is 5.54. The van der Waals surface area contributed by atoms with Gasteiger partial charge in [0.2, 0.25) is 0 Å². The van der Waals surface area contributed by atoms with Gasteiger partial charge in [-0.3, -0.25) is 0 Å². The Morgan fingerprint density at radius 3 is 2.78 bits per heavy atom. The van der Waals surface area contributed by atoms with Crippen molar-refractivity contribution in [2.24, 2.45) is 0 Å². The minimum absolute atomic E-state index is 0.939. The highest BCUT2D eigenvalue weighted by Gasteiger charge is 2.06. The molecule has 1 heterocycles. The zero-order valence-electron chi connectivity index (χ0n) is 11.3. The van der Waals surface area contributed by atoms with Gasteiger partial charge in [0.05, 0.1) is 0 Å². The molecule has 0 saturated heterocycles. The van der Waals surface area contributed by atoms with Gasteiger partial charge in [-0.1, -0.05) is 54.2 Å². The highest BCUT2D eigenvalue weighted by Crippen LogP contribution is 2.23. The minimum atomic E-state index is 0.939. The number of hydrogen-bond acceptors (Lipinski definition) is 1. The lowest BCUT2D eigenvalue weighted by atomic mass is 10.0. The Morgan fingerprint density at radius 1 is 1.17 bits per heavy atom. The average molecular weight is 239 g/mol. The molecule has 2 rings (SSSR count). The zero-order valence-corrected chi connectivity index (χ0v) is 11.3. The van der Waals surface area contributed by atoms with Crippen LogP contribution in [-0.4, -0.2) is 13.6 Å². The number of nitrogens with zero attached hydrogens (tertiary/aromatic N) is 1. The van der Waals surface area contributed by atoms with Gasteiger partial charge < -0.3 is 4.90 Å². The summed E-state index contributed by atoms with van der Waals surface area (Å²) >= 11 is 0. The second-order valence-corrected chi connectivity index (χ2v) is 4.96. The first kappa shape index (κ1) is 12.7. The van der Waals surface area contributed by atoms with E-state index < -0.39 is 0 Å². The van der Waals surface area contributed by atoms with Gasteiger partial charge in [0.1, 0.15) is 0 Å². The summed E-state index contributed by atoms with van der Waals surface area (Å²) < 4.78 is 0. The van der Waals surface area contributed by atoms with Crippen molar-refractivity contribution < 1.29 is 0 Å². The summed E-state index contributed by atoms with van der Waals surface area (Å²) in [6, 6.07) is 8.64. The molecular weight excluding hydrogens is 218 g/mol. The summed E-state index contributed by atoms with van der Waals surface area (Å²) in [6.07, 6.45) is 8.65. The van der Waals surface area contributed by atoms with E-state index in [2.05, 4.69) is 67.9 Å². The molecule has 0 amide bonds. The Kier molecular flexibility index (Phi) is 4.03. The van der Waals surface area contributed by atoms with Gasteiger partial charge in [-0.2, -0.15) is 0 Å². The van der Waals surface area contributed by atoms with Gasteiger partial charge in [0, 0.05) is 19.3 Å². The second-order valence-electron chi connectivity index (χ2n) is 4.96. The molecule has 18 heavy (non-hydrogen) atoms. The van der Waals surface area contributed by atoms with Crippen LogP contribution in [0.2, 0.25) is 0 Å². The van der Waals surface area contributed by atoms with Crippen LogP contribution in [0.4, 0.5) is 5.69 Å². The number of aryl methyl sites for hydroxylation is 1. The van der Waals surface area contributed by atoms with E-state index in [-0.39, 0.29) is 0 Å². The van der Waals surface area contributed by atoms with E-state index >= 15 is 0 Å². The molecule has 1 aliphatic rings. The molecular formula is C17H21N. The van der Waals surface area contributed by atoms with Gasteiger partial charge >= 0.3 is 0 Å². The Balaban J connectivity index is 2.33. The average Bonchev–Trinajstić information content (AvgIpc) is 2.37. The summed E-state index contributed by atoms with van der Waals surface area (Å²) in [5, 5.41) is 0. The van der Waals surface area contributed by atoms with E-state index in [4.69, 9.17) is 0 Å². The molecule has 0 fully saturated rings. The first-order valence-corrected chi connectivity index (χ1v) is 6.48. The lowest BCUT2D eigenvalue weighted by Gasteiger charge is -2.20. The standard InChI is InChI=1S/C17H21N/c1-14-7-6-12-18(3)17-9-5-4-8-16(17)11-10-15(2)13-14/h4-9,13H,2,10-12H2,1,3H3/b7-6-,14-13-. The molecule has 0 saturated carbocycles. The number of para-hydroxylation sites is 1. The fraction of sp³-hybridized carbons (Fsp3) is 0.294. The fourth-order valence-electron chi connectivity index (χ4n) is 2.33. The lowest BCUT2D eigenvalue weighted by Crippen LogP contribution is -2.18. The van der Waals surface area contributed by atoms with E-state index in [0.29, 0.717) is 0 Å². The lowest BCUT2D eigenvalue weighted by molar-refractivity contribution is 0.940. The molecule has 1 nitrogen and oxygen atoms in total. The van der Waals surface area contributed by atoms with Crippen LogP contribution in [0.1, 0.15) is 18.9 Å². The maximum absolute atomic E-state index is 4.14. The fourth-order valence-corrected chi connectivity index (χ4v) is 2.33. The van der Waals surface area contributed by atoms with E-state index in [1.54, 1.807) is 0 Å². The molecule has 0 spiro atoms. The summed E-state index contributed by atoms with van der Waals surface area (Å²) in [6.45, 7) is 7.21. The molecule has 1 aliphatic heterocycles. The molecule has 0 radical (unpaired) electrons. The van der Waals surface area contributed by atoms with Crippen molar-refractivity contribution in [3.8, 4) is 0 Å². The van der Waals surface area contributed by atoms with Gasteiger partial charge in [0.15, 0.2) is 0 Å². The number of anilines is 1. The summed E-state index contributed by atoms with van der Waals surface area (Å²) in [4.78, 5) is 2.30. The van der Waals surface area contributed by atoms with Crippen molar-refractivity contribution in [2.75, 3.05) is 18.5 Å². The predicted molar refractivity (Wildman–Crippen MR) is 80.1 cm³/mol. The summed E-state index contributed by atoms with van der Waals surface area (Å²) in [7, 11) is 2.15. The third kappa shape index (κ3) is 3.13. The highest BCUT2D eigenvalue weighted by atomic mass is 15.1. The van der Waals surface area contributed by atoms with Gasteiger partial charge in [-0.15, -0.1) is 0 Å². The van der Waals surface area contributed by atoms with Crippen molar-refractivity contribution in [3.63, 3.8) is 0 Å². The third-order valence-electron chi connectivity index (χ3n) is 3.31. The number of benzene rings is 1. The molecule has 94 valence electrons. The first-order valence-electron chi connectivity index (χ1n) is 6.48. The quantitative estimate of drug-likeness (QED) is 0.658. The van der Waals surface area contributed by atoms with Crippen molar-refractivity contribution in [1.82, 2.24) is 0 Å². The maximum Gasteiger partial charge on any atom is 0.0399 e. The maximum atomic E-state index is 4.14. The van der Waals surface area contributed by atoms with Gasteiger partial charge in [-0.25, -0.2) is 0 Å². The Morgan fingerprint density at radius 2 is 1.94 bits per heavy atom. The third-order valence-corrected chi connectivity index (χ3v) is 3.31. The Hall–Kier alpha value is -1.76. The SMILES string of the molecule is C=C1/C=C(C)\C=C/CN(C)c2ccccc2CC1. The number of hydrogen-bond donors (Lipinski definition) is 0. The number of allylic oxidation sites excluding steroid dienone is 4. The van der Waals surface area contributed by atoms with E-state index in [9.17, 15) is 0 Å². The van der Waals surface area contributed by atoms with E-state index in [1.165, 1.54) is 22.4 Å². The smallest absolute Gasteiger partial charge is 0.0399 e. The molecule has 0 aliphatic carbocycles. The largest absolute Gasteiger partial charge is 0.371 e. The molecule has 0 aromatic heterocycles. The topological polar surface area (TPSA) is 3.24 Å². The van der Waals surface area contributed by atoms with Gasteiger partial charge in [-0.05, 0) is 31.4 Å². The van der Waals surface area contributed by atoms with Crippen molar-refractivity contribution >= 4 is 5.69 Å². The van der Waals surface area contributed by atoms with Gasteiger partial charge in [0.25, 0.3) is 0 Å². The van der Waals surface area contributed by atoms with Crippen molar-refractivity contribution in [1.29, 1.82) is 0 Å². The zero-order chi connectivity index (χ0) is 13.0. The van der Waals surface area contributed by atoms with Crippen LogP contribution in [0, 0.1) is 0 Å². The van der Waals surface area contributed by atoms with Crippen molar-refractivity contribution in [2.45, 2.75) is 19.8 Å². The molecule has 1 aromatic carbocycles. The van der Waals surface area contributed by atoms with Crippen LogP contribution in [0.15, 0.2) is 60.2 Å². The first-order chi connectivity index (χ1) is 8.66. The molecule has 1 heteroatoms. The molecule has 0 bridgehead atoms. The molecule has 0 unspecified atom stereocenters. The van der Waals surface area contributed by atoms with Crippen LogP contribution in [-0.2, 0) is 6.42 Å². The van der Waals surface area contributed by atoms with E-state index in [1.807, 2.05) is 0 Å². The number of rotatable bonds is 0. The predicted octanol–water partition coefficient (Wildman–Crippen LogP) is 4.13. The molecule has 1 aromatic rings. The van der Waals surface area contributed by atoms with Crippen LogP contribution in [0.5, 0.6) is 0 Å². The Labute approximate surface area is 110 Å². The number of fused-ring (bicyclic) bond motifs is 1. The Bertz CT molecular complexity index is 494. The summed E-state index contributed by atoms with van der Waals surface area (Å²) in [5.41, 5.74) is 5.22. The number of likely N-dealkylation sites (N-methyl/N-ethyl adjacent to an activating group) is 1. The van der Waals surface area contributed by atoms with Crippen LogP contribution in [0.3, 0.4) is 0 Å². The molecule has 0 atom stereocenters. The van der Waals surface area contributed by atoms with Crippen LogP contribution >= 0.6 is 0 Å². The van der Waals surface area contributed by atoms with Crippen molar-refractivity contribution in [3.05, 3.63) is 65.8 Å². The van der Waals surface area contributed by atoms with Crippen LogP contribution in [0.25, 0.3) is 0 Å².